The quantitative estimate of drug-likeness (QED) is 0.829. The fourth-order valence-electron chi connectivity index (χ4n) is 1.84. The van der Waals surface area contributed by atoms with Gasteiger partial charge in [0.2, 0.25) is 0 Å². The van der Waals surface area contributed by atoms with E-state index in [4.69, 9.17) is 4.74 Å². The molecule has 2 rings (SSSR count). The normalized spacial score (nSPS) is 27.8. The van der Waals surface area contributed by atoms with E-state index in [0.29, 0.717) is 12.1 Å². The lowest BCUT2D eigenvalue weighted by atomic mass is 10.0. The molecule has 2 unspecified atom stereocenters. The van der Waals surface area contributed by atoms with Crippen LogP contribution in [-0.2, 0) is 11.3 Å². The van der Waals surface area contributed by atoms with Crippen LogP contribution in [0, 0.1) is 0 Å². The molecular weight excluding hydrogens is 194 g/mol. The molecule has 0 aromatic carbocycles. The van der Waals surface area contributed by atoms with E-state index in [-0.39, 0.29) is 0 Å². The van der Waals surface area contributed by atoms with E-state index in [9.17, 15) is 0 Å². The number of nitrogens with one attached hydrogen (secondary N) is 1. The van der Waals surface area contributed by atoms with Gasteiger partial charge in [-0.3, -0.25) is 0 Å². The van der Waals surface area contributed by atoms with Crippen LogP contribution in [0.3, 0.4) is 0 Å². The topological polar surface area (TPSA) is 21.3 Å². The molecule has 1 saturated heterocycles. The van der Waals surface area contributed by atoms with E-state index < -0.39 is 0 Å². The number of hydrogen-bond donors (Lipinski definition) is 1. The summed E-state index contributed by atoms with van der Waals surface area (Å²) in [7, 11) is 0. The summed E-state index contributed by atoms with van der Waals surface area (Å²) in [5.74, 6) is 0. The number of thiophene rings is 1. The molecule has 0 bridgehead atoms. The molecule has 1 aromatic rings. The average molecular weight is 211 g/mol. The van der Waals surface area contributed by atoms with Crippen LogP contribution in [0.5, 0.6) is 0 Å². The van der Waals surface area contributed by atoms with Gasteiger partial charge in [-0.05, 0) is 42.2 Å². The fourth-order valence-corrected chi connectivity index (χ4v) is 2.51. The van der Waals surface area contributed by atoms with Crippen molar-refractivity contribution in [3.63, 3.8) is 0 Å². The summed E-state index contributed by atoms with van der Waals surface area (Å²) in [6.45, 7) is 4.06. The summed E-state index contributed by atoms with van der Waals surface area (Å²) >= 11 is 1.76. The van der Waals surface area contributed by atoms with E-state index in [1.54, 1.807) is 11.3 Å². The van der Waals surface area contributed by atoms with E-state index in [2.05, 4.69) is 29.1 Å². The molecule has 0 aliphatic carbocycles. The molecule has 1 aliphatic rings. The first-order valence-electron chi connectivity index (χ1n) is 5.20. The van der Waals surface area contributed by atoms with E-state index in [1.807, 2.05) is 0 Å². The predicted molar refractivity (Wildman–Crippen MR) is 59.6 cm³/mol. The zero-order chi connectivity index (χ0) is 9.80. The third-order valence-electron chi connectivity index (χ3n) is 2.66. The Hall–Kier alpha value is -0.380. The molecule has 1 aliphatic heterocycles. The van der Waals surface area contributed by atoms with E-state index in [1.165, 1.54) is 5.56 Å². The van der Waals surface area contributed by atoms with Gasteiger partial charge in [0.05, 0.1) is 6.10 Å². The maximum Gasteiger partial charge on any atom is 0.0561 e. The Morgan fingerprint density at radius 2 is 2.57 bits per heavy atom. The van der Waals surface area contributed by atoms with Crippen molar-refractivity contribution in [2.75, 3.05) is 6.61 Å². The summed E-state index contributed by atoms with van der Waals surface area (Å²) in [5.41, 5.74) is 1.40. The zero-order valence-electron chi connectivity index (χ0n) is 8.53. The Morgan fingerprint density at radius 3 is 3.29 bits per heavy atom. The first-order valence-corrected chi connectivity index (χ1v) is 6.15. The Balaban J connectivity index is 1.75. The first kappa shape index (κ1) is 10.1. The molecule has 0 amide bonds. The third-order valence-corrected chi connectivity index (χ3v) is 3.39. The van der Waals surface area contributed by atoms with Crippen LogP contribution in [-0.4, -0.2) is 18.8 Å². The van der Waals surface area contributed by atoms with Crippen molar-refractivity contribution in [2.24, 2.45) is 0 Å². The SMILES string of the molecule is CC1CC(NCc2ccsc2)CCO1. The van der Waals surface area contributed by atoms with Gasteiger partial charge >= 0.3 is 0 Å². The minimum atomic E-state index is 0.420. The molecule has 1 fully saturated rings. The van der Waals surface area contributed by atoms with Gasteiger partial charge in [-0.1, -0.05) is 0 Å². The van der Waals surface area contributed by atoms with Crippen LogP contribution in [0.15, 0.2) is 16.8 Å². The summed E-state index contributed by atoms with van der Waals surface area (Å²) < 4.78 is 5.51. The second-order valence-electron chi connectivity index (χ2n) is 3.92. The molecule has 2 atom stereocenters. The lowest BCUT2D eigenvalue weighted by Gasteiger charge is -2.27. The number of ether oxygens (including phenoxy) is 1. The van der Waals surface area contributed by atoms with Crippen LogP contribution < -0.4 is 5.32 Å². The molecule has 1 aromatic heterocycles. The molecule has 0 radical (unpaired) electrons. The summed E-state index contributed by atoms with van der Waals surface area (Å²) in [4.78, 5) is 0. The third kappa shape index (κ3) is 2.80. The minimum absolute atomic E-state index is 0.420. The molecule has 2 heterocycles. The van der Waals surface area contributed by atoms with Gasteiger partial charge in [-0.15, -0.1) is 0 Å². The highest BCUT2D eigenvalue weighted by Gasteiger charge is 2.18. The fraction of sp³-hybridized carbons (Fsp3) is 0.636. The summed E-state index contributed by atoms with van der Waals surface area (Å²) in [5, 5.41) is 7.91. The second-order valence-corrected chi connectivity index (χ2v) is 4.70. The Morgan fingerprint density at radius 1 is 1.64 bits per heavy atom. The molecular formula is C11H17NOS. The Bertz CT molecular complexity index is 260. The van der Waals surface area contributed by atoms with Gasteiger partial charge in [-0.25, -0.2) is 0 Å². The number of hydrogen-bond acceptors (Lipinski definition) is 3. The highest BCUT2D eigenvalue weighted by molar-refractivity contribution is 7.07. The average Bonchev–Trinajstić information content (AvgIpc) is 2.67. The van der Waals surface area contributed by atoms with Gasteiger partial charge in [0, 0.05) is 19.2 Å². The van der Waals surface area contributed by atoms with Crippen LogP contribution in [0.4, 0.5) is 0 Å². The maximum absolute atomic E-state index is 5.51. The van der Waals surface area contributed by atoms with E-state index >= 15 is 0 Å². The molecule has 0 spiro atoms. The van der Waals surface area contributed by atoms with Crippen molar-refractivity contribution >= 4 is 11.3 Å². The molecule has 1 N–H and O–H groups in total. The lowest BCUT2D eigenvalue weighted by Crippen LogP contribution is -2.37. The van der Waals surface area contributed by atoms with Crippen molar-refractivity contribution < 1.29 is 4.74 Å². The van der Waals surface area contributed by atoms with Crippen LogP contribution in [0.2, 0.25) is 0 Å². The Kier molecular flexibility index (Phi) is 3.56. The van der Waals surface area contributed by atoms with Gasteiger partial charge in [-0.2, -0.15) is 11.3 Å². The highest BCUT2D eigenvalue weighted by atomic mass is 32.1. The smallest absolute Gasteiger partial charge is 0.0561 e. The lowest BCUT2D eigenvalue weighted by molar-refractivity contribution is 0.0130. The zero-order valence-corrected chi connectivity index (χ0v) is 9.35. The molecule has 78 valence electrons. The van der Waals surface area contributed by atoms with Crippen LogP contribution in [0.1, 0.15) is 25.3 Å². The molecule has 14 heavy (non-hydrogen) atoms. The summed E-state index contributed by atoms with van der Waals surface area (Å²) in [6.07, 6.45) is 2.71. The highest BCUT2D eigenvalue weighted by Crippen LogP contribution is 2.14. The Labute approximate surface area is 89.3 Å². The second kappa shape index (κ2) is 4.91. The van der Waals surface area contributed by atoms with Crippen LogP contribution in [0.25, 0.3) is 0 Å². The molecule has 2 nitrogen and oxygen atoms in total. The van der Waals surface area contributed by atoms with Crippen molar-refractivity contribution in [2.45, 2.75) is 38.5 Å². The van der Waals surface area contributed by atoms with Gasteiger partial charge in [0.15, 0.2) is 0 Å². The van der Waals surface area contributed by atoms with Crippen molar-refractivity contribution in [3.8, 4) is 0 Å². The standard InChI is InChI=1S/C11H17NOS/c1-9-6-11(2-4-13-9)12-7-10-3-5-14-8-10/h3,5,8-9,11-12H,2,4,6-7H2,1H3. The predicted octanol–water partition coefficient (Wildman–Crippen LogP) is 2.41. The van der Waals surface area contributed by atoms with Crippen molar-refractivity contribution in [1.82, 2.24) is 5.32 Å². The molecule has 0 saturated carbocycles. The number of rotatable bonds is 3. The van der Waals surface area contributed by atoms with E-state index in [0.717, 1.165) is 26.0 Å². The van der Waals surface area contributed by atoms with Gasteiger partial charge < -0.3 is 10.1 Å². The van der Waals surface area contributed by atoms with Crippen molar-refractivity contribution in [3.05, 3.63) is 22.4 Å². The van der Waals surface area contributed by atoms with Crippen molar-refractivity contribution in [1.29, 1.82) is 0 Å². The van der Waals surface area contributed by atoms with Gasteiger partial charge in [0.25, 0.3) is 0 Å². The first-order chi connectivity index (χ1) is 6.84. The minimum Gasteiger partial charge on any atom is -0.378 e. The summed E-state index contributed by atoms with van der Waals surface area (Å²) in [6, 6.07) is 2.82. The molecule has 3 heteroatoms. The maximum atomic E-state index is 5.51. The van der Waals surface area contributed by atoms with Gasteiger partial charge in [0.1, 0.15) is 0 Å². The largest absolute Gasteiger partial charge is 0.378 e. The monoisotopic (exact) mass is 211 g/mol. The van der Waals surface area contributed by atoms with Crippen LogP contribution >= 0.6 is 11.3 Å².